The van der Waals surface area contributed by atoms with Crippen LogP contribution in [-0.2, 0) is 6.42 Å². The first kappa shape index (κ1) is 31.1. The summed E-state index contributed by atoms with van der Waals surface area (Å²) in [5.41, 5.74) is 17.7. The fourth-order valence-electron chi connectivity index (χ4n) is 10.3. The van der Waals surface area contributed by atoms with E-state index < -0.39 is 0 Å². The third kappa shape index (κ3) is 4.37. The Morgan fingerprint density at radius 2 is 0.982 bits per heavy atom. The summed E-state index contributed by atoms with van der Waals surface area (Å²) in [6, 6.07) is 54.7. The summed E-state index contributed by atoms with van der Waals surface area (Å²) in [5, 5.41) is 9.12. The number of benzene rings is 7. The van der Waals surface area contributed by atoms with Gasteiger partial charge in [-0.25, -0.2) is 0 Å². The first-order chi connectivity index (χ1) is 28.3. The molecule has 268 valence electrons. The van der Waals surface area contributed by atoms with Gasteiger partial charge >= 0.3 is 0 Å². The summed E-state index contributed by atoms with van der Waals surface area (Å²) in [5.74, 6) is 0. The molecule has 13 rings (SSSR count). The van der Waals surface area contributed by atoms with Crippen molar-refractivity contribution in [2.75, 3.05) is 0 Å². The zero-order valence-electron chi connectivity index (χ0n) is 31.4. The molecule has 0 amide bonds. The lowest BCUT2D eigenvalue weighted by atomic mass is 9.99. The van der Waals surface area contributed by atoms with Gasteiger partial charge in [-0.15, -0.1) is 0 Å². The Labute approximate surface area is 329 Å². The molecule has 2 aliphatic rings. The van der Waals surface area contributed by atoms with E-state index in [2.05, 4.69) is 190 Å². The van der Waals surface area contributed by atoms with Gasteiger partial charge in [0.1, 0.15) is 0 Å². The van der Waals surface area contributed by atoms with Gasteiger partial charge in [-0.05, 0) is 120 Å². The third-order valence-electron chi connectivity index (χ3n) is 12.9. The molecular weight excluding hydrogens is 691 g/mol. The summed E-state index contributed by atoms with van der Waals surface area (Å²) >= 11 is 0. The summed E-state index contributed by atoms with van der Waals surface area (Å²) < 4.78 is 7.40. The lowest BCUT2D eigenvalue weighted by molar-refractivity contribution is 0.984. The van der Waals surface area contributed by atoms with Crippen molar-refractivity contribution in [3.8, 4) is 22.5 Å². The van der Waals surface area contributed by atoms with Crippen LogP contribution in [0.5, 0.6) is 0 Å². The minimum atomic E-state index is 1.10. The van der Waals surface area contributed by atoms with Gasteiger partial charge in [-0.2, -0.15) is 0 Å². The zero-order chi connectivity index (χ0) is 37.2. The van der Waals surface area contributed by atoms with Crippen LogP contribution in [-0.4, -0.2) is 13.5 Å². The first-order valence-corrected chi connectivity index (χ1v) is 20.3. The molecule has 0 radical (unpaired) electrons. The van der Waals surface area contributed by atoms with Gasteiger partial charge in [0.15, 0.2) is 0 Å². The average Bonchev–Trinajstić information content (AvgIpc) is 4.01. The number of hydrogen-bond donors (Lipinski definition) is 0. The van der Waals surface area contributed by atoms with Crippen LogP contribution in [0.4, 0.5) is 0 Å². The van der Waals surface area contributed by atoms with E-state index in [1.54, 1.807) is 0 Å². The molecule has 11 aromatic rings. The molecule has 0 saturated carbocycles. The lowest BCUT2D eigenvalue weighted by Gasteiger charge is -2.11. The van der Waals surface area contributed by atoms with Crippen molar-refractivity contribution in [1.82, 2.24) is 13.5 Å². The molecule has 3 heteroatoms. The van der Waals surface area contributed by atoms with Crippen molar-refractivity contribution in [2.24, 2.45) is 0 Å². The number of allylic oxidation sites excluding steroid dienone is 5. The summed E-state index contributed by atoms with van der Waals surface area (Å²) in [6.45, 7) is 0. The lowest BCUT2D eigenvalue weighted by Crippen LogP contribution is -1.96. The maximum absolute atomic E-state index is 2.52. The van der Waals surface area contributed by atoms with E-state index in [4.69, 9.17) is 0 Å². The molecule has 57 heavy (non-hydrogen) atoms. The van der Waals surface area contributed by atoms with Crippen LogP contribution in [0, 0.1) is 0 Å². The minimum absolute atomic E-state index is 1.10. The van der Waals surface area contributed by atoms with Crippen LogP contribution in [0.25, 0.3) is 105 Å². The minimum Gasteiger partial charge on any atom is -0.309 e. The average molecular weight is 728 g/mol. The van der Waals surface area contributed by atoms with Crippen LogP contribution < -0.4 is 0 Å². The van der Waals surface area contributed by atoms with Crippen molar-refractivity contribution in [3.05, 3.63) is 187 Å². The summed E-state index contributed by atoms with van der Waals surface area (Å²) in [7, 11) is 0. The Hall–Kier alpha value is -7.10. The van der Waals surface area contributed by atoms with E-state index in [1.165, 1.54) is 116 Å². The van der Waals surface area contributed by atoms with Crippen molar-refractivity contribution in [1.29, 1.82) is 0 Å². The fourth-order valence-corrected chi connectivity index (χ4v) is 10.3. The van der Waals surface area contributed by atoms with E-state index in [0.29, 0.717) is 0 Å². The van der Waals surface area contributed by atoms with Gasteiger partial charge in [0.25, 0.3) is 0 Å². The zero-order valence-corrected chi connectivity index (χ0v) is 31.4. The Balaban J connectivity index is 0.959. The number of fused-ring (bicyclic) bond motifs is 12. The predicted octanol–water partition coefficient (Wildman–Crippen LogP) is 14.2. The number of aromatic nitrogens is 3. The smallest absolute Gasteiger partial charge is 0.0617 e. The molecule has 0 N–H and O–H groups in total. The van der Waals surface area contributed by atoms with Crippen molar-refractivity contribution >= 4 is 82.5 Å². The highest BCUT2D eigenvalue weighted by Gasteiger charge is 2.23. The predicted molar refractivity (Wildman–Crippen MR) is 241 cm³/mol. The SMILES string of the molecule is C1=CC(c2ccc(-n3c4ccccc4c4cc(-c5ccc6c(c5)c5ccccc5n6-c5ccc6c7cccc8c9c(n(c6c5)c87)C=CCC9)ccc43)cc2)=CCC1. The van der Waals surface area contributed by atoms with Crippen LogP contribution in [0.3, 0.4) is 0 Å². The quantitative estimate of drug-likeness (QED) is 0.171. The molecule has 0 fully saturated rings. The second kappa shape index (κ2) is 11.7. The number of nitrogens with zero attached hydrogens (tertiary/aromatic N) is 3. The number of rotatable bonds is 4. The van der Waals surface area contributed by atoms with Gasteiger partial charge in [-0.1, -0.05) is 109 Å². The molecule has 0 spiro atoms. The van der Waals surface area contributed by atoms with Crippen LogP contribution >= 0.6 is 0 Å². The van der Waals surface area contributed by atoms with Gasteiger partial charge in [0.05, 0.1) is 33.1 Å². The van der Waals surface area contributed by atoms with Crippen LogP contribution in [0.15, 0.2) is 170 Å². The van der Waals surface area contributed by atoms with Crippen LogP contribution in [0.2, 0.25) is 0 Å². The highest BCUT2D eigenvalue weighted by Crippen LogP contribution is 2.42. The maximum Gasteiger partial charge on any atom is 0.0617 e. The third-order valence-corrected chi connectivity index (χ3v) is 12.9. The molecular formula is C54H37N3. The molecule has 4 aromatic heterocycles. The largest absolute Gasteiger partial charge is 0.309 e. The van der Waals surface area contributed by atoms with Gasteiger partial charge < -0.3 is 13.5 Å². The highest BCUT2D eigenvalue weighted by atomic mass is 15.0. The van der Waals surface area contributed by atoms with Crippen molar-refractivity contribution < 1.29 is 0 Å². The Bertz CT molecular complexity index is 3560. The molecule has 2 aliphatic carbocycles. The van der Waals surface area contributed by atoms with Crippen LogP contribution in [0.1, 0.15) is 36.1 Å². The first-order valence-electron chi connectivity index (χ1n) is 20.3. The van der Waals surface area contributed by atoms with E-state index >= 15 is 0 Å². The summed E-state index contributed by atoms with van der Waals surface area (Å²) in [6.07, 6.45) is 16.0. The number of para-hydroxylation sites is 3. The Kier molecular flexibility index (Phi) is 6.40. The maximum atomic E-state index is 2.52. The molecule has 0 bridgehead atoms. The number of hydrogen-bond acceptors (Lipinski definition) is 0. The monoisotopic (exact) mass is 727 g/mol. The molecule has 0 saturated heterocycles. The topological polar surface area (TPSA) is 14.3 Å². The molecule has 3 nitrogen and oxygen atoms in total. The van der Waals surface area contributed by atoms with Crippen molar-refractivity contribution in [3.63, 3.8) is 0 Å². The highest BCUT2D eigenvalue weighted by molar-refractivity contribution is 6.17. The second-order valence-corrected chi connectivity index (χ2v) is 15.9. The Morgan fingerprint density at radius 3 is 1.70 bits per heavy atom. The van der Waals surface area contributed by atoms with E-state index in [0.717, 1.165) is 25.7 Å². The molecule has 7 aromatic carbocycles. The van der Waals surface area contributed by atoms with Gasteiger partial charge in [-0.3, -0.25) is 0 Å². The second-order valence-electron chi connectivity index (χ2n) is 15.9. The standard InChI is InChI=1S/C54H37N3/c1-2-11-34(12-3-1)35-21-25-38(26-22-35)55-48-18-7-5-14-41(48)46-31-36(23-29-51(46)55)37-24-30-52-47(32-37)42-15-6-8-19-49(42)56(52)39-27-28-43-45-17-10-16-44-40-13-4-9-20-50(40)57(54(44)45)53(43)33-39/h2,5-12,14-33H,1,3-4,13H2. The normalized spacial score (nSPS) is 14.4. The Morgan fingerprint density at radius 1 is 0.386 bits per heavy atom. The van der Waals surface area contributed by atoms with Crippen molar-refractivity contribution in [2.45, 2.75) is 25.7 Å². The van der Waals surface area contributed by atoms with E-state index in [9.17, 15) is 0 Å². The van der Waals surface area contributed by atoms with Gasteiger partial charge in [0, 0.05) is 54.8 Å². The molecule has 4 heterocycles. The fraction of sp³-hybridized carbons (Fsp3) is 0.0741. The molecule has 0 unspecified atom stereocenters. The van der Waals surface area contributed by atoms with E-state index in [1.807, 2.05) is 0 Å². The molecule has 0 aliphatic heterocycles. The summed E-state index contributed by atoms with van der Waals surface area (Å²) in [4.78, 5) is 0. The number of aryl methyl sites for hydroxylation is 1. The van der Waals surface area contributed by atoms with E-state index in [-0.39, 0.29) is 0 Å². The molecule has 0 atom stereocenters. The van der Waals surface area contributed by atoms with Gasteiger partial charge in [0.2, 0.25) is 0 Å².